The van der Waals surface area contributed by atoms with Crippen LogP contribution in [0.15, 0.2) is 79.3 Å². The molecule has 4 aromatic rings. The van der Waals surface area contributed by atoms with E-state index in [1.54, 1.807) is 0 Å². The second kappa shape index (κ2) is 10.8. The minimum atomic E-state index is -0.593. The van der Waals surface area contributed by atoms with Crippen LogP contribution in [-0.4, -0.2) is 37.3 Å². The van der Waals surface area contributed by atoms with Gasteiger partial charge in [0.05, 0.1) is 15.7 Å². The lowest BCUT2D eigenvalue weighted by Gasteiger charge is -2.19. The summed E-state index contributed by atoms with van der Waals surface area (Å²) in [5.74, 6) is 0.722. The Kier molecular flexibility index (Phi) is 7.21. The number of hydrogen-bond donors (Lipinski definition) is 2. The van der Waals surface area contributed by atoms with Gasteiger partial charge in [-0.1, -0.05) is 36.4 Å². The maximum absolute atomic E-state index is 12.6. The van der Waals surface area contributed by atoms with Crippen LogP contribution in [0, 0.1) is 0 Å². The molecule has 0 aliphatic carbocycles. The van der Waals surface area contributed by atoms with E-state index < -0.39 is 11.8 Å². The second-order valence-electron chi connectivity index (χ2n) is 7.21. The van der Waals surface area contributed by atoms with Gasteiger partial charge in [-0.25, -0.2) is 0 Å². The summed E-state index contributed by atoms with van der Waals surface area (Å²) in [7, 11) is 0. The zero-order valence-electron chi connectivity index (χ0n) is 18.3. The van der Waals surface area contributed by atoms with Gasteiger partial charge in [0.2, 0.25) is 23.6 Å². The molecule has 1 aliphatic heterocycles. The molecule has 0 unspecified atom stereocenters. The van der Waals surface area contributed by atoms with Crippen molar-refractivity contribution in [2.75, 3.05) is 0 Å². The lowest BCUT2D eigenvalue weighted by Crippen LogP contribution is -2.51. The fourth-order valence-corrected chi connectivity index (χ4v) is 5.38. The maximum atomic E-state index is 12.6. The van der Waals surface area contributed by atoms with Crippen molar-refractivity contribution < 1.29 is 18.4 Å². The van der Waals surface area contributed by atoms with Crippen molar-refractivity contribution in [2.24, 2.45) is 0 Å². The molecule has 0 saturated carbocycles. The molecule has 2 N–H and O–H groups in total. The first-order valence-electron chi connectivity index (χ1n) is 10.5. The quantitative estimate of drug-likeness (QED) is 0.194. The summed E-state index contributed by atoms with van der Waals surface area (Å²) in [6, 6.07) is 18.7. The smallest absolute Gasteiger partial charge is 0.264 e. The van der Waals surface area contributed by atoms with E-state index in [0.29, 0.717) is 27.8 Å². The number of rotatable bonds is 8. The van der Waals surface area contributed by atoms with Crippen LogP contribution in [0.25, 0.3) is 22.9 Å². The van der Waals surface area contributed by atoms with E-state index in [4.69, 9.17) is 21.1 Å². The van der Waals surface area contributed by atoms with Gasteiger partial charge in [0.25, 0.3) is 11.8 Å². The summed E-state index contributed by atoms with van der Waals surface area (Å²) in [5.41, 5.74) is 1.52. The first-order valence-corrected chi connectivity index (χ1v) is 12.9. The minimum Gasteiger partial charge on any atom is -0.420 e. The highest BCUT2D eigenvalue weighted by Crippen LogP contribution is 2.37. The zero-order valence-corrected chi connectivity index (χ0v) is 20.8. The third-order valence-electron chi connectivity index (χ3n) is 4.74. The van der Waals surface area contributed by atoms with E-state index in [1.165, 1.54) is 23.5 Å². The van der Waals surface area contributed by atoms with Crippen molar-refractivity contribution in [3.63, 3.8) is 0 Å². The van der Waals surface area contributed by atoms with Crippen molar-refractivity contribution in [2.45, 2.75) is 11.5 Å². The van der Waals surface area contributed by atoms with Crippen molar-refractivity contribution in [1.29, 1.82) is 0 Å². The Labute approximate surface area is 218 Å². The van der Waals surface area contributed by atoms with Gasteiger partial charge < -0.3 is 8.83 Å². The zero-order chi connectivity index (χ0) is 24.9. The Morgan fingerprint density at radius 3 is 1.61 bits per heavy atom. The predicted molar refractivity (Wildman–Crippen MR) is 138 cm³/mol. The SMILES string of the molecule is O=C1NC(=S)NC(=O)C1=C(SCc1nnc(-c2ccccc2)o1)SCc1nnc(-c2ccccc2)o1. The highest BCUT2D eigenvalue weighted by atomic mass is 32.2. The van der Waals surface area contributed by atoms with Crippen LogP contribution in [0.4, 0.5) is 0 Å². The average Bonchev–Trinajstić information content (AvgIpc) is 3.56. The molecule has 0 atom stereocenters. The number of hydrogen-bond acceptors (Lipinski definition) is 11. The summed E-state index contributed by atoms with van der Waals surface area (Å²) >= 11 is 7.34. The summed E-state index contributed by atoms with van der Waals surface area (Å²) in [5, 5.41) is 21.2. The predicted octanol–water partition coefficient (Wildman–Crippen LogP) is 3.70. The highest BCUT2D eigenvalue weighted by Gasteiger charge is 2.30. The molecule has 1 aliphatic rings. The molecule has 1 saturated heterocycles. The van der Waals surface area contributed by atoms with Gasteiger partial charge in [0.1, 0.15) is 5.57 Å². The van der Waals surface area contributed by atoms with Crippen molar-refractivity contribution >= 4 is 52.7 Å². The van der Waals surface area contributed by atoms with Gasteiger partial charge in [0.15, 0.2) is 5.11 Å². The lowest BCUT2D eigenvalue weighted by atomic mass is 10.2. The lowest BCUT2D eigenvalue weighted by molar-refractivity contribution is -0.123. The molecule has 3 heterocycles. The Bertz CT molecular complexity index is 1350. The molecule has 5 rings (SSSR count). The number of thioether (sulfide) groups is 2. The molecule has 36 heavy (non-hydrogen) atoms. The van der Waals surface area contributed by atoms with E-state index >= 15 is 0 Å². The fraction of sp³-hybridized carbons (Fsp3) is 0.0870. The molecule has 0 bridgehead atoms. The molecular formula is C23H16N6O4S3. The minimum absolute atomic E-state index is 0.0445. The number of aromatic nitrogens is 4. The van der Waals surface area contributed by atoms with Gasteiger partial charge in [-0.3, -0.25) is 20.2 Å². The van der Waals surface area contributed by atoms with Crippen molar-refractivity contribution in [1.82, 2.24) is 31.0 Å². The number of nitrogens with zero attached hydrogens (tertiary/aromatic N) is 4. The maximum Gasteiger partial charge on any atom is 0.264 e. The molecule has 1 fully saturated rings. The molecule has 0 radical (unpaired) electrons. The standard InChI is InChI=1S/C23H16N6O4S3/c30-18-17(19(31)25-23(34)24-18)22(35-11-15-26-28-20(32-15)13-7-3-1-4-8-13)36-12-16-27-29-21(33-16)14-9-5-2-6-10-14/h1-10H,11-12H2,(H2,24,25,30,31,34). The Morgan fingerprint density at radius 1 is 0.722 bits per heavy atom. The van der Waals surface area contributed by atoms with Crippen LogP contribution < -0.4 is 10.6 Å². The monoisotopic (exact) mass is 536 g/mol. The Balaban J connectivity index is 1.34. The Morgan fingerprint density at radius 2 is 1.17 bits per heavy atom. The normalized spacial score (nSPS) is 13.4. The first kappa shape index (κ1) is 23.9. The fourth-order valence-electron chi connectivity index (χ4n) is 3.11. The number of benzene rings is 2. The summed E-state index contributed by atoms with van der Waals surface area (Å²) in [4.78, 5) is 25.2. The van der Waals surface area contributed by atoms with Crippen LogP contribution in [0.2, 0.25) is 0 Å². The van der Waals surface area contributed by atoms with Gasteiger partial charge in [-0.2, -0.15) is 0 Å². The number of carbonyl (C=O) groups excluding carboxylic acids is 2. The summed E-state index contributed by atoms with van der Waals surface area (Å²) in [6.07, 6.45) is 0. The molecular weight excluding hydrogens is 520 g/mol. The number of amides is 2. The Hall–Kier alpha value is -3.81. The summed E-state index contributed by atoms with van der Waals surface area (Å²) < 4.78 is 11.9. The van der Waals surface area contributed by atoms with Crippen LogP contribution >= 0.6 is 35.7 Å². The van der Waals surface area contributed by atoms with Crippen LogP contribution in [0.1, 0.15) is 11.8 Å². The first-order chi connectivity index (χ1) is 17.6. The molecule has 2 amide bonds. The van der Waals surface area contributed by atoms with Crippen molar-refractivity contribution in [3.05, 3.63) is 82.3 Å². The molecule has 13 heteroatoms. The van der Waals surface area contributed by atoms with Crippen LogP contribution in [-0.2, 0) is 21.1 Å². The van der Waals surface area contributed by atoms with E-state index in [-0.39, 0.29) is 22.2 Å². The largest absolute Gasteiger partial charge is 0.420 e. The van der Waals surface area contributed by atoms with Gasteiger partial charge in [0, 0.05) is 11.1 Å². The van der Waals surface area contributed by atoms with E-state index in [2.05, 4.69) is 31.0 Å². The number of thiocarbonyl (C=S) groups is 1. The van der Waals surface area contributed by atoms with Gasteiger partial charge in [-0.15, -0.1) is 43.9 Å². The topological polar surface area (TPSA) is 136 Å². The van der Waals surface area contributed by atoms with E-state index in [0.717, 1.165) is 11.1 Å². The van der Waals surface area contributed by atoms with Crippen molar-refractivity contribution in [3.8, 4) is 22.9 Å². The molecule has 2 aromatic heterocycles. The third kappa shape index (κ3) is 5.53. The molecule has 0 spiro atoms. The highest BCUT2D eigenvalue weighted by molar-refractivity contribution is 8.21. The molecule has 180 valence electrons. The molecule has 2 aromatic carbocycles. The average molecular weight is 537 g/mol. The van der Waals surface area contributed by atoms with Crippen LogP contribution in [0.3, 0.4) is 0 Å². The van der Waals surface area contributed by atoms with Crippen LogP contribution in [0.5, 0.6) is 0 Å². The summed E-state index contributed by atoms with van der Waals surface area (Å²) in [6.45, 7) is 0. The number of carbonyl (C=O) groups is 2. The van der Waals surface area contributed by atoms with Gasteiger partial charge >= 0.3 is 0 Å². The molecule has 10 nitrogen and oxygen atoms in total. The van der Waals surface area contributed by atoms with E-state index in [9.17, 15) is 9.59 Å². The van der Waals surface area contributed by atoms with Gasteiger partial charge in [-0.05, 0) is 36.5 Å². The van der Waals surface area contributed by atoms with E-state index in [1.807, 2.05) is 60.7 Å². The number of nitrogens with one attached hydrogen (secondary N) is 2. The second-order valence-corrected chi connectivity index (χ2v) is 9.85. The third-order valence-corrected chi connectivity index (χ3v) is 7.37.